The molecule has 0 bridgehead atoms. The van der Waals surface area contributed by atoms with Crippen LogP contribution in [0.5, 0.6) is 11.5 Å². The molecule has 3 aromatic carbocycles. The molecule has 1 aliphatic heterocycles. The van der Waals surface area contributed by atoms with Crippen molar-refractivity contribution in [3.63, 3.8) is 0 Å². The summed E-state index contributed by atoms with van der Waals surface area (Å²) in [5.74, 6) is 1.41. The molecule has 0 aliphatic carbocycles. The van der Waals surface area contributed by atoms with Crippen molar-refractivity contribution in [2.24, 2.45) is 0 Å². The Kier molecular flexibility index (Phi) is 9.02. The van der Waals surface area contributed by atoms with E-state index in [0.29, 0.717) is 18.0 Å². The molecule has 0 amide bonds. The summed E-state index contributed by atoms with van der Waals surface area (Å²) in [6.45, 7) is 10.1. The maximum atomic E-state index is 13.1. The van der Waals surface area contributed by atoms with Crippen molar-refractivity contribution in [3.05, 3.63) is 94.0 Å². The number of methoxy groups -OCH3 is 2. The lowest BCUT2D eigenvalue weighted by Gasteiger charge is -2.25. The molecule has 0 radical (unpaired) electrons. The van der Waals surface area contributed by atoms with E-state index in [-0.39, 0.29) is 28.3 Å². The molecular formula is C31H35BrF3NO2. The molecule has 1 atom stereocenters. The Bertz CT molecular complexity index is 1290. The molecule has 0 fully saturated rings. The van der Waals surface area contributed by atoms with Gasteiger partial charge >= 0.3 is 6.18 Å². The first-order chi connectivity index (χ1) is 17.4. The molecule has 4 rings (SSSR count). The summed E-state index contributed by atoms with van der Waals surface area (Å²) < 4.78 is 52.8. The lowest BCUT2D eigenvalue weighted by molar-refractivity contribution is -0.546. The number of ether oxygens (including phenoxy) is 2. The van der Waals surface area contributed by atoms with Crippen LogP contribution < -0.4 is 26.5 Å². The highest BCUT2D eigenvalue weighted by Crippen LogP contribution is 2.36. The molecule has 0 saturated carbocycles. The van der Waals surface area contributed by atoms with Gasteiger partial charge in [0.1, 0.15) is 6.54 Å². The van der Waals surface area contributed by atoms with Crippen molar-refractivity contribution in [2.75, 3.05) is 20.8 Å². The largest absolute Gasteiger partial charge is 1.00 e. The third-order valence-corrected chi connectivity index (χ3v) is 7.22. The van der Waals surface area contributed by atoms with E-state index in [2.05, 4.69) is 56.5 Å². The van der Waals surface area contributed by atoms with E-state index in [4.69, 9.17) is 9.47 Å². The van der Waals surface area contributed by atoms with Gasteiger partial charge in [0.2, 0.25) is 0 Å². The molecule has 3 aromatic rings. The zero-order valence-corrected chi connectivity index (χ0v) is 24.3. The summed E-state index contributed by atoms with van der Waals surface area (Å²) in [6.07, 6.45) is -3.54. The molecule has 0 N–H and O–H groups in total. The first-order valence-corrected chi connectivity index (χ1v) is 12.6. The van der Waals surface area contributed by atoms with E-state index in [9.17, 15) is 13.2 Å². The summed E-state index contributed by atoms with van der Waals surface area (Å²) in [7, 11) is 3.26. The smallest absolute Gasteiger partial charge is 0.416 e. The fraction of sp³-hybridized carbons (Fsp3) is 0.387. The van der Waals surface area contributed by atoms with Crippen LogP contribution in [0.1, 0.15) is 67.0 Å². The number of hydrogen-bond donors (Lipinski definition) is 0. The van der Waals surface area contributed by atoms with E-state index in [1.165, 1.54) is 16.7 Å². The van der Waals surface area contributed by atoms with Crippen LogP contribution in [0, 0.1) is 0 Å². The SMILES string of the molecule is COc1cc2c(cc1OC)C(C(C)c1ccc(C(C)(C)C)cc1)=[N+](Cc1ccc(C(F)(F)F)cc1)CC2.[Br-]. The number of rotatable bonds is 6. The minimum atomic E-state index is -4.34. The van der Waals surface area contributed by atoms with Crippen LogP contribution in [0.3, 0.4) is 0 Å². The summed E-state index contributed by atoms with van der Waals surface area (Å²) in [5, 5.41) is 0. The van der Waals surface area contributed by atoms with Crippen LogP contribution in [-0.4, -0.2) is 31.1 Å². The van der Waals surface area contributed by atoms with Gasteiger partial charge in [0.15, 0.2) is 23.8 Å². The summed E-state index contributed by atoms with van der Waals surface area (Å²) in [6, 6.07) is 18.3. The fourth-order valence-corrected chi connectivity index (χ4v) is 5.03. The summed E-state index contributed by atoms with van der Waals surface area (Å²) in [4.78, 5) is 0. The highest BCUT2D eigenvalue weighted by molar-refractivity contribution is 6.03. The maximum Gasteiger partial charge on any atom is 0.416 e. The monoisotopic (exact) mass is 589 g/mol. The van der Waals surface area contributed by atoms with Crippen LogP contribution in [0.2, 0.25) is 0 Å². The van der Waals surface area contributed by atoms with Crippen LogP contribution in [-0.2, 0) is 24.6 Å². The lowest BCUT2D eigenvalue weighted by Crippen LogP contribution is -3.00. The molecule has 204 valence electrons. The average molecular weight is 591 g/mol. The van der Waals surface area contributed by atoms with Crippen LogP contribution in [0.25, 0.3) is 0 Å². The first kappa shape index (κ1) is 29.8. The lowest BCUT2D eigenvalue weighted by atomic mass is 9.83. The normalized spacial score (nSPS) is 14.4. The minimum absolute atomic E-state index is 0. The van der Waals surface area contributed by atoms with E-state index in [1.54, 1.807) is 26.4 Å². The van der Waals surface area contributed by atoms with Crippen LogP contribution >= 0.6 is 0 Å². The van der Waals surface area contributed by atoms with Gasteiger partial charge in [-0.2, -0.15) is 13.2 Å². The Hall–Kier alpha value is -2.80. The van der Waals surface area contributed by atoms with Gasteiger partial charge in [-0.1, -0.05) is 57.2 Å². The van der Waals surface area contributed by atoms with Crippen molar-refractivity contribution >= 4 is 5.71 Å². The minimum Gasteiger partial charge on any atom is -1.00 e. The molecular weight excluding hydrogens is 555 g/mol. The molecule has 1 unspecified atom stereocenters. The molecule has 0 aromatic heterocycles. The Morgan fingerprint density at radius 2 is 1.39 bits per heavy atom. The standard InChI is InChI=1S/C31H35F3NO2.BrH/c1-20(22-9-13-24(14-10-22)30(2,3)4)29-26-18-28(37-6)27(36-5)17-23(26)15-16-35(29)19-21-7-11-25(12-8-21)31(32,33)34;/h7-14,17-18,20H,15-16,19H2,1-6H3;1H/q+1;/p-1. The zero-order chi connectivity index (χ0) is 27.0. The van der Waals surface area contributed by atoms with Crippen molar-refractivity contribution in [1.82, 2.24) is 0 Å². The van der Waals surface area contributed by atoms with E-state index >= 15 is 0 Å². The molecule has 3 nitrogen and oxygen atoms in total. The van der Waals surface area contributed by atoms with Crippen LogP contribution in [0.15, 0.2) is 60.7 Å². The molecule has 0 spiro atoms. The quantitative estimate of drug-likeness (QED) is 0.398. The number of benzene rings is 3. The predicted molar refractivity (Wildman–Crippen MR) is 141 cm³/mol. The topological polar surface area (TPSA) is 21.5 Å². The van der Waals surface area contributed by atoms with Gasteiger partial charge in [-0.05, 0) is 53.3 Å². The molecule has 1 heterocycles. The molecule has 1 aliphatic rings. The first-order valence-electron chi connectivity index (χ1n) is 12.6. The van der Waals surface area contributed by atoms with E-state index in [0.717, 1.165) is 41.9 Å². The third-order valence-electron chi connectivity index (χ3n) is 7.22. The van der Waals surface area contributed by atoms with Gasteiger partial charge in [0.05, 0.1) is 25.7 Å². The van der Waals surface area contributed by atoms with Gasteiger partial charge in [-0.3, -0.25) is 0 Å². The second-order valence-electron chi connectivity index (χ2n) is 10.7. The summed E-state index contributed by atoms with van der Waals surface area (Å²) >= 11 is 0. The summed E-state index contributed by atoms with van der Waals surface area (Å²) in [5.41, 5.74) is 6.11. The van der Waals surface area contributed by atoms with Gasteiger partial charge in [0.25, 0.3) is 0 Å². The average Bonchev–Trinajstić information content (AvgIpc) is 2.86. The van der Waals surface area contributed by atoms with Gasteiger partial charge in [-0.25, -0.2) is 4.58 Å². The second kappa shape index (κ2) is 11.5. The predicted octanol–water partition coefficient (Wildman–Crippen LogP) is 4.39. The second-order valence-corrected chi connectivity index (χ2v) is 10.7. The molecule has 38 heavy (non-hydrogen) atoms. The van der Waals surface area contributed by atoms with E-state index < -0.39 is 11.7 Å². The van der Waals surface area contributed by atoms with Gasteiger partial charge in [-0.15, -0.1) is 0 Å². The Morgan fingerprint density at radius 1 is 0.842 bits per heavy atom. The number of halogens is 4. The van der Waals surface area contributed by atoms with E-state index in [1.807, 2.05) is 12.1 Å². The Labute approximate surface area is 234 Å². The number of hydrogen-bond acceptors (Lipinski definition) is 2. The van der Waals surface area contributed by atoms with Crippen molar-refractivity contribution < 1.29 is 44.2 Å². The van der Waals surface area contributed by atoms with Crippen LogP contribution in [0.4, 0.5) is 13.2 Å². The fourth-order valence-electron chi connectivity index (χ4n) is 5.03. The maximum absolute atomic E-state index is 13.1. The zero-order valence-electron chi connectivity index (χ0n) is 22.7. The molecule has 0 saturated heterocycles. The number of fused-ring (bicyclic) bond motifs is 1. The van der Waals surface area contributed by atoms with Gasteiger partial charge in [0, 0.05) is 17.5 Å². The van der Waals surface area contributed by atoms with Crippen molar-refractivity contribution in [3.8, 4) is 11.5 Å². The molecule has 7 heteroatoms. The Balaban J connectivity index is 0.00000400. The number of nitrogens with zero attached hydrogens (tertiary/aromatic N) is 1. The van der Waals surface area contributed by atoms with Gasteiger partial charge < -0.3 is 26.5 Å². The highest BCUT2D eigenvalue weighted by atomic mass is 79.9. The number of alkyl halides is 3. The van der Waals surface area contributed by atoms with Crippen molar-refractivity contribution in [2.45, 2.75) is 58.2 Å². The highest BCUT2D eigenvalue weighted by Gasteiger charge is 2.34. The third kappa shape index (κ3) is 6.25. The van der Waals surface area contributed by atoms with Crippen molar-refractivity contribution in [1.29, 1.82) is 0 Å². The Morgan fingerprint density at radius 3 is 1.92 bits per heavy atom.